The van der Waals surface area contributed by atoms with E-state index in [9.17, 15) is 4.79 Å². The Kier molecular flexibility index (Phi) is 7.34. The highest BCUT2D eigenvalue weighted by atomic mass is 79.9. The van der Waals surface area contributed by atoms with Gasteiger partial charge in [-0.2, -0.15) is 0 Å². The van der Waals surface area contributed by atoms with Gasteiger partial charge in [0, 0.05) is 12.0 Å². The number of ether oxygens (including phenoxy) is 2. The number of ketones is 1. The van der Waals surface area contributed by atoms with Gasteiger partial charge in [0.2, 0.25) is 0 Å². The molecule has 1 aromatic carbocycles. The molecule has 1 aliphatic rings. The maximum atomic E-state index is 15.1. The maximum Gasteiger partial charge on any atom is 0.197 e. The molecule has 3 rings (SSSR count). The topological polar surface area (TPSA) is 75.8 Å². The van der Waals surface area contributed by atoms with Gasteiger partial charge in [-0.05, 0) is 31.5 Å². The summed E-state index contributed by atoms with van der Waals surface area (Å²) in [5.41, 5.74) is 1.01. The van der Waals surface area contributed by atoms with Crippen molar-refractivity contribution in [3.8, 4) is 11.5 Å². The number of rotatable bonds is 7. The molecule has 0 radical (unpaired) electrons. The fraction of sp³-hybridized carbons (Fsp3) is 0.455. The van der Waals surface area contributed by atoms with Gasteiger partial charge in [0.05, 0.1) is 30.9 Å². The first-order valence-electron chi connectivity index (χ1n) is 9.74. The zero-order chi connectivity index (χ0) is 21.3. The number of Topliss-reactive ketones (excluding diaryl/α,β-unsaturated/α-hetero) is 1. The van der Waals surface area contributed by atoms with Crippen LogP contribution in [0.15, 0.2) is 22.8 Å². The van der Waals surface area contributed by atoms with Crippen LogP contribution < -0.4 is 9.47 Å². The molecule has 1 aromatic heterocycles. The molecule has 164 valence electrons. The summed E-state index contributed by atoms with van der Waals surface area (Å²) in [6.45, 7) is 10.4. The van der Waals surface area contributed by atoms with Gasteiger partial charge in [0.15, 0.2) is 23.1 Å². The molecule has 0 aliphatic carbocycles. The number of fused-ring (bicyclic) bond motifs is 1. The van der Waals surface area contributed by atoms with Crippen molar-refractivity contribution in [3.63, 3.8) is 0 Å². The van der Waals surface area contributed by atoms with Crippen molar-refractivity contribution in [2.45, 2.75) is 46.6 Å². The molecule has 8 heteroatoms. The number of carbonyl (C=O) groups excluding carboxylic acids is 1. The van der Waals surface area contributed by atoms with E-state index in [1.807, 2.05) is 27.7 Å². The van der Waals surface area contributed by atoms with E-state index in [0.29, 0.717) is 23.5 Å². The predicted molar refractivity (Wildman–Crippen MR) is 118 cm³/mol. The Labute approximate surface area is 186 Å². The summed E-state index contributed by atoms with van der Waals surface area (Å²) in [5, 5.41) is 8.40. The predicted octanol–water partition coefficient (Wildman–Crippen LogP) is 5.12. The molecule has 0 unspecified atom stereocenters. The van der Waals surface area contributed by atoms with E-state index in [-0.39, 0.29) is 65.0 Å². The summed E-state index contributed by atoms with van der Waals surface area (Å²) in [4.78, 5) is 14.3. The molecule has 2 aromatic rings. The van der Waals surface area contributed by atoms with Gasteiger partial charge in [-0.1, -0.05) is 20.8 Å². The molecule has 0 spiro atoms. The second kappa shape index (κ2) is 9.20. The third-order valence-electron chi connectivity index (χ3n) is 4.77. The van der Waals surface area contributed by atoms with Crippen molar-refractivity contribution < 1.29 is 23.1 Å². The van der Waals surface area contributed by atoms with Crippen molar-refractivity contribution in [1.82, 2.24) is 4.90 Å². The van der Waals surface area contributed by atoms with Crippen molar-refractivity contribution in [2.75, 3.05) is 19.8 Å². The second-order valence-electron chi connectivity index (χ2n) is 8.00. The zero-order valence-electron chi connectivity index (χ0n) is 17.9. The Balaban J connectivity index is 0.00000320. The minimum Gasteiger partial charge on any atom is -0.490 e. The zero-order valence-corrected chi connectivity index (χ0v) is 19.6. The minimum atomic E-state index is -0.619. The van der Waals surface area contributed by atoms with E-state index < -0.39 is 5.82 Å². The fourth-order valence-corrected chi connectivity index (χ4v) is 3.30. The average Bonchev–Trinajstić information content (AvgIpc) is 3.25. The Hall–Kier alpha value is -2.35. The number of benzene rings is 1. The molecule has 0 fully saturated rings. The Morgan fingerprint density at radius 3 is 2.47 bits per heavy atom. The summed E-state index contributed by atoms with van der Waals surface area (Å²) in [6, 6.07) is 3.43. The number of nitrogens with one attached hydrogen (secondary N) is 1. The number of amidine groups is 1. The van der Waals surface area contributed by atoms with Crippen molar-refractivity contribution in [3.05, 3.63) is 46.7 Å². The first-order valence-corrected chi connectivity index (χ1v) is 9.74. The van der Waals surface area contributed by atoms with E-state index in [2.05, 4.69) is 0 Å². The lowest BCUT2D eigenvalue weighted by Crippen LogP contribution is -2.30. The van der Waals surface area contributed by atoms with Crippen LogP contribution in [0.4, 0.5) is 4.39 Å². The smallest absolute Gasteiger partial charge is 0.197 e. The fourth-order valence-electron chi connectivity index (χ4n) is 3.30. The van der Waals surface area contributed by atoms with Crippen LogP contribution >= 0.6 is 17.0 Å². The van der Waals surface area contributed by atoms with Crippen LogP contribution in [0.1, 0.15) is 61.9 Å². The van der Waals surface area contributed by atoms with Crippen molar-refractivity contribution in [2.24, 2.45) is 0 Å². The Morgan fingerprint density at radius 2 is 1.90 bits per heavy atom. The van der Waals surface area contributed by atoms with Crippen LogP contribution in [0.25, 0.3) is 0 Å². The second-order valence-corrected chi connectivity index (χ2v) is 8.00. The molecule has 0 amide bonds. The number of nitrogens with zero attached hydrogens (tertiary/aromatic N) is 1. The van der Waals surface area contributed by atoms with Crippen LogP contribution in [0, 0.1) is 11.2 Å². The van der Waals surface area contributed by atoms with Crippen molar-refractivity contribution >= 4 is 28.6 Å². The monoisotopic (exact) mass is 482 g/mol. The molecule has 1 N–H and O–H groups in total. The Bertz CT molecular complexity index is 949. The lowest BCUT2D eigenvalue weighted by Gasteiger charge is -2.16. The van der Waals surface area contributed by atoms with Crippen LogP contribution in [0.5, 0.6) is 11.5 Å². The summed E-state index contributed by atoms with van der Waals surface area (Å²) in [5.74, 6) is 0.207. The largest absolute Gasteiger partial charge is 0.490 e. The highest BCUT2D eigenvalue weighted by molar-refractivity contribution is 8.93. The molecule has 0 bridgehead atoms. The van der Waals surface area contributed by atoms with Gasteiger partial charge in [0.25, 0.3) is 0 Å². The highest BCUT2D eigenvalue weighted by Gasteiger charge is 2.33. The first kappa shape index (κ1) is 23.9. The third-order valence-corrected chi connectivity index (χ3v) is 4.77. The van der Waals surface area contributed by atoms with Gasteiger partial charge >= 0.3 is 0 Å². The number of furan rings is 1. The summed E-state index contributed by atoms with van der Waals surface area (Å²) >= 11 is 0. The van der Waals surface area contributed by atoms with Crippen molar-refractivity contribution in [1.29, 1.82) is 5.41 Å². The van der Waals surface area contributed by atoms with Gasteiger partial charge in [-0.3, -0.25) is 10.2 Å². The number of hydrogen-bond donors (Lipinski definition) is 1. The first-order chi connectivity index (χ1) is 13.7. The number of halogens is 2. The van der Waals surface area contributed by atoms with E-state index in [4.69, 9.17) is 19.3 Å². The van der Waals surface area contributed by atoms with E-state index in [1.54, 1.807) is 24.0 Å². The normalized spacial score (nSPS) is 13.1. The molecule has 0 atom stereocenters. The highest BCUT2D eigenvalue weighted by Crippen LogP contribution is 2.39. The number of carbonyl (C=O) groups is 1. The molecule has 30 heavy (non-hydrogen) atoms. The van der Waals surface area contributed by atoms with E-state index in [1.165, 1.54) is 6.26 Å². The number of hydrogen-bond acceptors (Lipinski definition) is 5. The molecular formula is C22H28BrFN2O4. The van der Waals surface area contributed by atoms with Gasteiger partial charge in [0.1, 0.15) is 17.9 Å². The lowest BCUT2D eigenvalue weighted by molar-refractivity contribution is 0.0962. The molecular weight excluding hydrogens is 455 g/mol. The van der Waals surface area contributed by atoms with Gasteiger partial charge in [-0.15, -0.1) is 17.0 Å². The molecule has 2 heterocycles. The SMILES string of the molecule is Br.CCOc1cc2c(c(F)c1OCC)C(=N)N(CC(=O)c1coc(C(C)(C)C)c1)C2. The summed E-state index contributed by atoms with van der Waals surface area (Å²) < 4.78 is 31.5. The summed E-state index contributed by atoms with van der Waals surface area (Å²) in [6.07, 6.45) is 1.44. The maximum absolute atomic E-state index is 15.1. The average molecular weight is 483 g/mol. The quantitative estimate of drug-likeness (QED) is 0.554. The van der Waals surface area contributed by atoms with E-state index in [0.717, 1.165) is 5.76 Å². The molecule has 1 aliphatic heterocycles. The minimum absolute atomic E-state index is 0. The third kappa shape index (κ3) is 4.53. The van der Waals surface area contributed by atoms with Gasteiger partial charge in [-0.25, -0.2) is 4.39 Å². The van der Waals surface area contributed by atoms with Gasteiger partial charge < -0.3 is 18.8 Å². The van der Waals surface area contributed by atoms with Crippen LogP contribution in [0.2, 0.25) is 0 Å². The molecule has 6 nitrogen and oxygen atoms in total. The molecule has 0 saturated heterocycles. The molecule has 0 saturated carbocycles. The summed E-state index contributed by atoms with van der Waals surface area (Å²) in [7, 11) is 0. The van der Waals surface area contributed by atoms with Crippen LogP contribution in [-0.4, -0.2) is 36.3 Å². The van der Waals surface area contributed by atoms with Crippen LogP contribution in [0.3, 0.4) is 0 Å². The van der Waals surface area contributed by atoms with Crippen LogP contribution in [-0.2, 0) is 12.0 Å². The lowest BCUT2D eigenvalue weighted by atomic mass is 9.93. The standard InChI is InChI=1S/C22H27FN2O4.BrH/c1-6-27-16-8-13-10-25(21(24)18(13)19(23)20(16)28-7-2)11-15(26)14-9-17(29-12-14)22(3,4)5;/h8-9,12,24H,6-7,10-11H2,1-5H3;1H. The van der Waals surface area contributed by atoms with E-state index >= 15 is 4.39 Å². The Morgan fingerprint density at radius 1 is 1.23 bits per heavy atom.